The summed E-state index contributed by atoms with van der Waals surface area (Å²) in [5.74, 6) is 2.23. The smallest absolute Gasteiger partial charge is 0.242 e. The van der Waals surface area contributed by atoms with Crippen LogP contribution < -0.4 is 9.46 Å². The van der Waals surface area contributed by atoms with Crippen LogP contribution in [0.15, 0.2) is 28.8 Å². The van der Waals surface area contributed by atoms with Crippen molar-refractivity contribution in [3.05, 3.63) is 41.1 Å². The molecule has 2 heterocycles. The van der Waals surface area contributed by atoms with E-state index in [1.54, 1.807) is 11.8 Å². The number of thioether (sulfide) groups is 1. The van der Waals surface area contributed by atoms with Crippen LogP contribution in [0.4, 0.5) is 5.88 Å². The standard InChI is InChI=1S/C15H18N2O4S2/c1-2-11-3-5-12(6-4-11)20-7-8-23(18,19)17-15-13-9-22-10-14(13)16-21-15/h3-6,17H,2,7-10H2,1H3. The third-order valence-electron chi connectivity index (χ3n) is 3.56. The Bertz CT molecular complexity index is 769. The third-order valence-corrected chi connectivity index (χ3v) is 5.73. The van der Waals surface area contributed by atoms with Crippen LogP contribution in [0.1, 0.15) is 23.7 Å². The number of aryl methyl sites for hydroxylation is 1. The maximum atomic E-state index is 12.1. The summed E-state index contributed by atoms with van der Waals surface area (Å²) in [4.78, 5) is 0. The molecule has 0 bridgehead atoms. The molecule has 2 aromatic rings. The van der Waals surface area contributed by atoms with Crippen molar-refractivity contribution in [3.63, 3.8) is 0 Å². The maximum Gasteiger partial charge on any atom is 0.242 e. The van der Waals surface area contributed by atoms with Crippen molar-refractivity contribution in [2.45, 2.75) is 24.9 Å². The van der Waals surface area contributed by atoms with Gasteiger partial charge in [-0.15, -0.1) is 0 Å². The summed E-state index contributed by atoms with van der Waals surface area (Å²) in [5, 5.41) is 3.87. The Labute approximate surface area is 139 Å². The zero-order valence-corrected chi connectivity index (χ0v) is 14.4. The van der Waals surface area contributed by atoms with Gasteiger partial charge in [0.15, 0.2) is 0 Å². The molecule has 1 N–H and O–H groups in total. The van der Waals surface area contributed by atoms with Crippen LogP contribution in [0.5, 0.6) is 5.75 Å². The van der Waals surface area contributed by atoms with Gasteiger partial charge >= 0.3 is 0 Å². The van der Waals surface area contributed by atoms with E-state index >= 15 is 0 Å². The Balaban J connectivity index is 1.54. The maximum absolute atomic E-state index is 12.1. The van der Waals surface area contributed by atoms with Crippen molar-refractivity contribution < 1.29 is 17.7 Å². The molecule has 1 aliphatic heterocycles. The summed E-state index contributed by atoms with van der Waals surface area (Å²) >= 11 is 1.69. The molecule has 0 spiro atoms. The summed E-state index contributed by atoms with van der Waals surface area (Å²) in [7, 11) is -3.53. The van der Waals surface area contributed by atoms with Crippen LogP contribution in [-0.2, 0) is 27.9 Å². The predicted octanol–water partition coefficient (Wildman–Crippen LogP) is 2.80. The second-order valence-electron chi connectivity index (χ2n) is 5.20. The van der Waals surface area contributed by atoms with Crippen molar-refractivity contribution >= 4 is 27.7 Å². The number of anilines is 1. The largest absolute Gasteiger partial charge is 0.492 e. The third kappa shape index (κ3) is 4.00. The fourth-order valence-electron chi connectivity index (χ4n) is 2.22. The minimum atomic E-state index is -3.53. The zero-order valence-electron chi connectivity index (χ0n) is 12.7. The number of nitrogens with zero attached hydrogens (tertiary/aromatic N) is 1. The van der Waals surface area contributed by atoms with E-state index in [9.17, 15) is 8.42 Å². The number of aromatic nitrogens is 1. The van der Waals surface area contributed by atoms with Gasteiger partial charge in [0.1, 0.15) is 18.1 Å². The van der Waals surface area contributed by atoms with E-state index in [2.05, 4.69) is 16.8 Å². The Morgan fingerprint density at radius 3 is 2.83 bits per heavy atom. The number of hydrogen-bond acceptors (Lipinski definition) is 6. The van der Waals surface area contributed by atoms with E-state index in [4.69, 9.17) is 9.26 Å². The molecule has 3 rings (SSSR count). The highest BCUT2D eigenvalue weighted by molar-refractivity contribution is 7.98. The van der Waals surface area contributed by atoms with Gasteiger partial charge < -0.3 is 9.26 Å². The number of fused-ring (bicyclic) bond motifs is 1. The van der Waals surface area contributed by atoms with Gasteiger partial charge in [-0.05, 0) is 24.1 Å². The van der Waals surface area contributed by atoms with Crippen LogP contribution in [0.2, 0.25) is 0 Å². The summed E-state index contributed by atoms with van der Waals surface area (Å²) in [6.07, 6.45) is 0.957. The first-order chi connectivity index (χ1) is 11.1. The molecular weight excluding hydrogens is 336 g/mol. The fraction of sp³-hybridized carbons (Fsp3) is 0.400. The van der Waals surface area contributed by atoms with Crippen molar-refractivity contribution in [1.82, 2.24) is 5.16 Å². The van der Waals surface area contributed by atoms with Crippen LogP contribution in [-0.4, -0.2) is 25.9 Å². The monoisotopic (exact) mass is 354 g/mol. The number of benzene rings is 1. The van der Waals surface area contributed by atoms with Crippen LogP contribution in [0.3, 0.4) is 0 Å². The first kappa shape index (κ1) is 16.2. The highest BCUT2D eigenvalue weighted by Gasteiger charge is 2.24. The molecule has 0 saturated heterocycles. The van der Waals surface area contributed by atoms with Crippen LogP contribution >= 0.6 is 11.8 Å². The summed E-state index contributed by atoms with van der Waals surface area (Å²) in [6, 6.07) is 7.63. The molecule has 1 aromatic heterocycles. The fourth-order valence-corrected chi connectivity index (χ4v) is 4.09. The minimum Gasteiger partial charge on any atom is -0.492 e. The lowest BCUT2D eigenvalue weighted by Crippen LogP contribution is -2.21. The molecule has 0 saturated carbocycles. The van der Waals surface area contributed by atoms with Gasteiger partial charge in [-0.25, -0.2) is 8.42 Å². The van der Waals surface area contributed by atoms with E-state index in [1.165, 1.54) is 5.56 Å². The number of sulfonamides is 1. The van der Waals surface area contributed by atoms with E-state index in [1.807, 2.05) is 24.3 Å². The van der Waals surface area contributed by atoms with Crippen molar-refractivity contribution in [2.24, 2.45) is 0 Å². The molecule has 124 valence electrons. The van der Waals surface area contributed by atoms with Crippen LogP contribution in [0.25, 0.3) is 0 Å². The van der Waals surface area contributed by atoms with Gasteiger partial charge in [-0.1, -0.05) is 24.2 Å². The molecule has 0 aliphatic carbocycles. The van der Waals surface area contributed by atoms with Crippen molar-refractivity contribution in [2.75, 3.05) is 17.1 Å². The number of hydrogen-bond donors (Lipinski definition) is 1. The van der Waals surface area contributed by atoms with Crippen LogP contribution in [0, 0.1) is 0 Å². The average molecular weight is 354 g/mol. The van der Waals surface area contributed by atoms with E-state index < -0.39 is 10.0 Å². The van der Waals surface area contributed by atoms with Crippen molar-refractivity contribution in [1.29, 1.82) is 0 Å². The molecular formula is C15H18N2O4S2. The highest BCUT2D eigenvalue weighted by atomic mass is 32.2. The molecule has 0 fully saturated rings. The minimum absolute atomic E-state index is 0.0753. The SMILES string of the molecule is CCc1ccc(OCCS(=O)(=O)Nc2onc3c2CSC3)cc1. The zero-order chi connectivity index (χ0) is 16.3. The quantitative estimate of drug-likeness (QED) is 0.823. The predicted molar refractivity (Wildman–Crippen MR) is 90.2 cm³/mol. The number of ether oxygens (including phenoxy) is 1. The molecule has 0 radical (unpaired) electrons. The molecule has 1 aliphatic rings. The first-order valence-corrected chi connectivity index (χ1v) is 10.2. The van der Waals surface area contributed by atoms with Crippen molar-refractivity contribution in [3.8, 4) is 5.75 Å². The summed E-state index contributed by atoms with van der Waals surface area (Å²) in [6.45, 7) is 2.15. The summed E-state index contributed by atoms with van der Waals surface area (Å²) < 4.78 is 37.2. The Morgan fingerprint density at radius 2 is 2.09 bits per heavy atom. The van der Waals surface area contributed by atoms with Gasteiger partial charge in [-0.2, -0.15) is 11.8 Å². The Morgan fingerprint density at radius 1 is 1.30 bits per heavy atom. The second-order valence-corrected chi connectivity index (χ2v) is 8.02. The first-order valence-electron chi connectivity index (χ1n) is 7.35. The van der Waals surface area contributed by atoms with Gasteiger partial charge in [0.25, 0.3) is 0 Å². The highest BCUT2D eigenvalue weighted by Crippen LogP contribution is 2.34. The van der Waals surface area contributed by atoms with E-state index in [-0.39, 0.29) is 18.2 Å². The normalized spacial score (nSPS) is 13.8. The Kier molecular flexibility index (Phi) is 4.82. The van der Waals surface area contributed by atoms with E-state index in [0.29, 0.717) is 5.75 Å². The number of nitrogens with one attached hydrogen (secondary N) is 1. The molecule has 23 heavy (non-hydrogen) atoms. The molecule has 0 unspecified atom stereocenters. The lowest BCUT2D eigenvalue weighted by atomic mass is 10.2. The van der Waals surface area contributed by atoms with Gasteiger partial charge in [0, 0.05) is 11.5 Å². The lowest BCUT2D eigenvalue weighted by Gasteiger charge is -2.08. The lowest BCUT2D eigenvalue weighted by molar-refractivity contribution is 0.341. The molecule has 0 amide bonds. The molecule has 6 nitrogen and oxygen atoms in total. The second kappa shape index (κ2) is 6.84. The molecule has 1 aromatic carbocycles. The van der Waals surface area contributed by atoms with E-state index in [0.717, 1.165) is 29.2 Å². The summed E-state index contributed by atoms with van der Waals surface area (Å²) in [5.41, 5.74) is 2.87. The van der Waals surface area contributed by atoms with Gasteiger partial charge in [-0.3, -0.25) is 4.72 Å². The number of rotatable bonds is 7. The topological polar surface area (TPSA) is 81.4 Å². The molecule has 8 heteroatoms. The van der Waals surface area contributed by atoms with Gasteiger partial charge in [0.2, 0.25) is 15.9 Å². The molecule has 0 atom stereocenters. The average Bonchev–Trinajstić information content (AvgIpc) is 3.13. The Hall–Kier alpha value is -1.67. The van der Waals surface area contributed by atoms with Gasteiger partial charge in [0.05, 0.1) is 11.3 Å².